The summed E-state index contributed by atoms with van der Waals surface area (Å²) in [7, 11) is 0. The van der Waals surface area contributed by atoms with Crippen molar-refractivity contribution in [1.29, 1.82) is 0 Å². The van der Waals surface area contributed by atoms with Gasteiger partial charge in [0.05, 0.1) is 0 Å². The third-order valence-corrected chi connectivity index (χ3v) is 6.86. The van der Waals surface area contributed by atoms with Crippen molar-refractivity contribution in [3.05, 3.63) is 47.0 Å². The maximum Gasteiger partial charge on any atom is 0.226 e. The highest BCUT2D eigenvalue weighted by molar-refractivity contribution is 7.13. The van der Waals surface area contributed by atoms with Gasteiger partial charge in [0.25, 0.3) is 0 Å². The molecular weight excluding hydrogens is 370 g/mol. The zero-order chi connectivity index (χ0) is 19.4. The summed E-state index contributed by atoms with van der Waals surface area (Å²) in [6.45, 7) is 0.692. The Bertz CT molecular complexity index is 828. The zero-order valence-electron chi connectivity index (χ0n) is 16.1. The van der Waals surface area contributed by atoms with Gasteiger partial charge < -0.3 is 10.6 Å². The number of thiazole rings is 1. The minimum atomic E-state index is -0.221. The fraction of sp³-hybridized carbons (Fsp3) is 0.500. The van der Waals surface area contributed by atoms with E-state index in [-0.39, 0.29) is 17.2 Å². The van der Waals surface area contributed by atoms with Crippen molar-refractivity contribution in [2.24, 2.45) is 5.41 Å². The first-order valence-corrected chi connectivity index (χ1v) is 11.1. The Labute approximate surface area is 170 Å². The number of amides is 2. The first-order chi connectivity index (χ1) is 13.6. The lowest BCUT2D eigenvalue weighted by Crippen LogP contribution is -2.38. The minimum Gasteiger partial charge on any atom is -0.355 e. The Morgan fingerprint density at radius 1 is 1.11 bits per heavy atom. The van der Waals surface area contributed by atoms with E-state index in [4.69, 9.17) is 0 Å². The zero-order valence-corrected chi connectivity index (χ0v) is 16.9. The molecule has 5 nitrogen and oxygen atoms in total. The molecule has 1 saturated carbocycles. The molecule has 1 heterocycles. The maximum absolute atomic E-state index is 12.7. The number of hydrogen-bond donors (Lipinski definition) is 2. The van der Waals surface area contributed by atoms with Gasteiger partial charge in [-0.2, -0.15) is 0 Å². The van der Waals surface area contributed by atoms with Crippen LogP contribution in [0.15, 0.2) is 35.8 Å². The molecule has 1 unspecified atom stereocenters. The van der Waals surface area contributed by atoms with Crippen LogP contribution in [0, 0.1) is 5.41 Å². The van der Waals surface area contributed by atoms with E-state index in [0.717, 1.165) is 32.1 Å². The molecule has 4 rings (SSSR count). The van der Waals surface area contributed by atoms with Crippen LogP contribution in [0.2, 0.25) is 0 Å². The van der Waals surface area contributed by atoms with Crippen LogP contribution in [0.5, 0.6) is 0 Å². The van der Waals surface area contributed by atoms with E-state index >= 15 is 0 Å². The van der Waals surface area contributed by atoms with E-state index in [2.05, 4.69) is 39.9 Å². The van der Waals surface area contributed by atoms with Gasteiger partial charge in [0.1, 0.15) is 0 Å². The Kier molecular flexibility index (Phi) is 5.76. The lowest BCUT2D eigenvalue weighted by atomic mass is 9.69. The highest BCUT2D eigenvalue weighted by Gasteiger charge is 2.37. The summed E-state index contributed by atoms with van der Waals surface area (Å²) < 4.78 is 0. The van der Waals surface area contributed by atoms with Gasteiger partial charge in [0.15, 0.2) is 5.13 Å². The van der Waals surface area contributed by atoms with Gasteiger partial charge in [-0.05, 0) is 35.8 Å². The van der Waals surface area contributed by atoms with E-state index in [1.807, 2.05) is 5.38 Å². The molecule has 0 aliphatic heterocycles. The lowest BCUT2D eigenvalue weighted by molar-refractivity contribution is -0.126. The molecule has 0 bridgehead atoms. The number of carbonyl (C=O) groups is 2. The second-order valence-corrected chi connectivity index (χ2v) is 9.10. The summed E-state index contributed by atoms with van der Waals surface area (Å²) in [5.74, 6) is 0.474. The van der Waals surface area contributed by atoms with E-state index in [0.29, 0.717) is 30.4 Å². The molecule has 28 heavy (non-hydrogen) atoms. The molecule has 1 fully saturated rings. The molecule has 0 spiro atoms. The van der Waals surface area contributed by atoms with E-state index in [9.17, 15) is 9.59 Å². The van der Waals surface area contributed by atoms with E-state index in [1.54, 1.807) is 6.20 Å². The lowest BCUT2D eigenvalue weighted by Gasteiger charge is -2.37. The molecular formula is C22H27N3O2S. The number of aromatic nitrogens is 1. The van der Waals surface area contributed by atoms with Gasteiger partial charge in [0.2, 0.25) is 11.8 Å². The third-order valence-electron chi connectivity index (χ3n) is 6.17. The van der Waals surface area contributed by atoms with Crippen LogP contribution < -0.4 is 10.6 Å². The summed E-state index contributed by atoms with van der Waals surface area (Å²) in [6, 6.07) is 8.44. The molecule has 2 aliphatic carbocycles. The van der Waals surface area contributed by atoms with Crippen molar-refractivity contribution < 1.29 is 9.59 Å². The van der Waals surface area contributed by atoms with Gasteiger partial charge in [0, 0.05) is 36.9 Å². The first kappa shape index (κ1) is 19.1. The Balaban J connectivity index is 1.32. The molecule has 1 atom stereocenters. The van der Waals surface area contributed by atoms with Crippen LogP contribution in [0.1, 0.15) is 62.0 Å². The Morgan fingerprint density at radius 3 is 2.64 bits per heavy atom. The molecule has 2 N–H and O–H groups in total. The summed E-state index contributed by atoms with van der Waals surface area (Å²) in [5.41, 5.74) is 2.53. The average molecular weight is 398 g/mol. The molecule has 2 aliphatic rings. The first-order valence-electron chi connectivity index (χ1n) is 10.2. The highest BCUT2D eigenvalue weighted by atomic mass is 32.1. The quantitative estimate of drug-likeness (QED) is 0.733. The second kappa shape index (κ2) is 8.43. The van der Waals surface area contributed by atoms with Crippen LogP contribution in [-0.2, 0) is 16.0 Å². The Morgan fingerprint density at radius 2 is 1.89 bits per heavy atom. The standard InChI is InChI=1S/C22H27N3O2S/c26-19(24-15-17-12-16-6-2-3-7-18(16)17)13-22(8-4-1-5-9-22)14-20(27)25-21-23-10-11-28-21/h2-3,6-7,10-11,17H,1,4-5,8-9,12-15H2,(H,24,26)(H,23,25,27). The van der Waals surface area contributed by atoms with Crippen molar-refractivity contribution in [3.63, 3.8) is 0 Å². The number of nitrogens with one attached hydrogen (secondary N) is 2. The number of rotatable bonds is 7. The Hall–Kier alpha value is -2.21. The maximum atomic E-state index is 12.7. The molecule has 1 aromatic carbocycles. The topological polar surface area (TPSA) is 71.1 Å². The third kappa shape index (κ3) is 4.43. The van der Waals surface area contributed by atoms with Gasteiger partial charge in [-0.1, -0.05) is 43.5 Å². The summed E-state index contributed by atoms with van der Waals surface area (Å²) in [6.07, 6.45) is 8.81. The smallest absolute Gasteiger partial charge is 0.226 e. The highest BCUT2D eigenvalue weighted by Crippen LogP contribution is 2.42. The minimum absolute atomic E-state index is 0.0300. The largest absolute Gasteiger partial charge is 0.355 e. The number of hydrogen-bond acceptors (Lipinski definition) is 4. The van der Waals surface area contributed by atoms with Crippen molar-refractivity contribution in [1.82, 2.24) is 10.3 Å². The second-order valence-electron chi connectivity index (χ2n) is 8.20. The molecule has 1 aromatic heterocycles. The van der Waals surface area contributed by atoms with Gasteiger partial charge in [-0.3, -0.25) is 9.59 Å². The van der Waals surface area contributed by atoms with Crippen LogP contribution in [-0.4, -0.2) is 23.3 Å². The van der Waals surface area contributed by atoms with Crippen molar-refractivity contribution >= 4 is 28.3 Å². The SMILES string of the molecule is O=C(CC1(CC(=O)Nc2nccs2)CCCCC1)NCC1Cc2ccccc21. The van der Waals surface area contributed by atoms with Crippen LogP contribution in [0.4, 0.5) is 5.13 Å². The average Bonchev–Trinajstić information content (AvgIpc) is 3.15. The molecule has 0 saturated heterocycles. The van der Waals surface area contributed by atoms with Crippen LogP contribution >= 0.6 is 11.3 Å². The monoisotopic (exact) mass is 397 g/mol. The number of carbonyl (C=O) groups excluding carboxylic acids is 2. The molecule has 0 radical (unpaired) electrons. The normalized spacial score (nSPS) is 19.9. The van der Waals surface area contributed by atoms with Gasteiger partial charge >= 0.3 is 0 Å². The predicted octanol–water partition coefficient (Wildman–Crippen LogP) is 4.27. The van der Waals surface area contributed by atoms with Gasteiger partial charge in [-0.15, -0.1) is 11.3 Å². The van der Waals surface area contributed by atoms with Crippen LogP contribution in [0.3, 0.4) is 0 Å². The molecule has 148 valence electrons. The number of fused-ring (bicyclic) bond motifs is 1. The van der Waals surface area contributed by atoms with Crippen molar-refractivity contribution in [3.8, 4) is 0 Å². The fourth-order valence-electron chi connectivity index (χ4n) is 4.69. The molecule has 6 heteroatoms. The van der Waals surface area contributed by atoms with Gasteiger partial charge in [-0.25, -0.2) is 4.98 Å². The van der Waals surface area contributed by atoms with E-state index in [1.165, 1.54) is 28.9 Å². The molecule has 2 amide bonds. The number of benzene rings is 1. The fourth-order valence-corrected chi connectivity index (χ4v) is 5.24. The summed E-state index contributed by atoms with van der Waals surface area (Å²) in [4.78, 5) is 29.4. The van der Waals surface area contributed by atoms with Crippen LogP contribution in [0.25, 0.3) is 0 Å². The summed E-state index contributed by atoms with van der Waals surface area (Å²) >= 11 is 1.42. The summed E-state index contributed by atoms with van der Waals surface area (Å²) in [5, 5.41) is 8.49. The predicted molar refractivity (Wildman–Crippen MR) is 111 cm³/mol. The number of anilines is 1. The molecule has 2 aromatic rings. The van der Waals surface area contributed by atoms with E-state index < -0.39 is 0 Å². The number of nitrogens with zero attached hydrogens (tertiary/aromatic N) is 1. The van der Waals surface area contributed by atoms with Crippen molar-refractivity contribution in [2.75, 3.05) is 11.9 Å². The van der Waals surface area contributed by atoms with Crippen molar-refractivity contribution in [2.45, 2.75) is 57.3 Å².